The van der Waals surface area contributed by atoms with Gasteiger partial charge in [-0.1, -0.05) is 18.2 Å². The number of likely N-dealkylation sites (tertiary alicyclic amines) is 1. The molecule has 1 fully saturated rings. The molecule has 2 aromatic rings. The number of nitrogens with zero attached hydrogens (tertiary/aromatic N) is 4. The summed E-state index contributed by atoms with van der Waals surface area (Å²) >= 11 is 0. The molecule has 0 N–H and O–H groups in total. The summed E-state index contributed by atoms with van der Waals surface area (Å²) in [6.07, 6.45) is 4.08. The van der Waals surface area contributed by atoms with Gasteiger partial charge in [-0.3, -0.25) is 4.98 Å². The molecule has 1 aliphatic heterocycles. The van der Waals surface area contributed by atoms with Gasteiger partial charge in [-0.25, -0.2) is 4.39 Å². The van der Waals surface area contributed by atoms with Crippen LogP contribution in [0.1, 0.15) is 36.1 Å². The largest absolute Gasteiger partial charge is 0.301 e. The highest BCUT2D eigenvalue weighted by atomic mass is 19.1. The zero-order valence-electron chi connectivity index (χ0n) is 14.0. The highest BCUT2D eigenvalue weighted by Crippen LogP contribution is 2.28. The third-order valence-corrected chi connectivity index (χ3v) is 4.63. The first-order chi connectivity index (χ1) is 11.8. The van der Waals surface area contributed by atoms with E-state index in [9.17, 15) is 4.39 Å². The van der Waals surface area contributed by atoms with E-state index < -0.39 is 0 Å². The van der Waals surface area contributed by atoms with Crippen LogP contribution in [0.4, 0.5) is 4.39 Å². The fourth-order valence-corrected chi connectivity index (χ4v) is 3.31. The zero-order chi connectivity index (χ0) is 16.8. The summed E-state index contributed by atoms with van der Waals surface area (Å²) in [5, 5.41) is 8.30. The number of rotatable bonds is 5. The van der Waals surface area contributed by atoms with Crippen molar-refractivity contribution in [1.82, 2.24) is 9.88 Å². The lowest BCUT2D eigenvalue weighted by molar-refractivity contribution is 0.199. The van der Waals surface area contributed by atoms with E-state index in [0.717, 1.165) is 38.0 Å². The minimum absolute atomic E-state index is 0.0398. The van der Waals surface area contributed by atoms with Crippen molar-refractivity contribution in [2.75, 3.05) is 26.7 Å². The smallest absolute Gasteiger partial charge is 0.123 e. The second-order valence-corrected chi connectivity index (χ2v) is 6.21. The molecule has 0 aliphatic carbocycles. The average Bonchev–Trinajstić information content (AvgIpc) is 2.63. The molecule has 2 heterocycles. The van der Waals surface area contributed by atoms with Crippen molar-refractivity contribution < 1.29 is 4.39 Å². The molecule has 1 saturated heterocycles. The van der Waals surface area contributed by atoms with Gasteiger partial charge in [0.1, 0.15) is 11.9 Å². The van der Waals surface area contributed by atoms with E-state index in [4.69, 9.17) is 0 Å². The van der Waals surface area contributed by atoms with Crippen LogP contribution in [0.5, 0.6) is 0 Å². The second kappa shape index (κ2) is 8.11. The normalized spacial score (nSPS) is 18.1. The van der Waals surface area contributed by atoms with Gasteiger partial charge in [-0.2, -0.15) is 10.2 Å². The number of azo groups is 1. The van der Waals surface area contributed by atoms with Crippen molar-refractivity contribution in [2.45, 2.75) is 24.8 Å². The molecular formula is C19H23FN4. The van der Waals surface area contributed by atoms with Crippen molar-refractivity contribution in [1.29, 1.82) is 0 Å². The van der Waals surface area contributed by atoms with Gasteiger partial charge < -0.3 is 4.90 Å². The van der Waals surface area contributed by atoms with Crippen molar-refractivity contribution in [3.8, 4) is 0 Å². The summed E-state index contributed by atoms with van der Waals surface area (Å²) in [5.41, 5.74) is 2.20. The molecule has 1 aromatic heterocycles. The van der Waals surface area contributed by atoms with Gasteiger partial charge in [-0.05, 0) is 55.8 Å². The molecule has 0 saturated carbocycles. The Hall–Kier alpha value is -2.14. The van der Waals surface area contributed by atoms with Crippen LogP contribution in [0.3, 0.4) is 0 Å². The highest BCUT2D eigenvalue weighted by molar-refractivity contribution is 5.20. The summed E-state index contributed by atoms with van der Waals surface area (Å²) in [4.78, 5) is 6.90. The Balaban J connectivity index is 1.60. The molecule has 4 nitrogen and oxygen atoms in total. The molecule has 1 aliphatic rings. The fraction of sp³-hybridized carbons (Fsp3) is 0.421. The third-order valence-electron chi connectivity index (χ3n) is 4.63. The Kier molecular flexibility index (Phi) is 5.64. The van der Waals surface area contributed by atoms with Crippen LogP contribution in [0, 0.1) is 5.82 Å². The van der Waals surface area contributed by atoms with Gasteiger partial charge in [0.25, 0.3) is 0 Å². The number of halogens is 1. The highest BCUT2D eigenvalue weighted by Gasteiger charge is 2.24. The van der Waals surface area contributed by atoms with E-state index in [1.165, 1.54) is 17.8 Å². The van der Waals surface area contributed by atoms with Crippen LogP contribution in [0.15, 0.2) is 58.9 Å². The molecule has 5 heteroatoms. The number of pyridine rings is 1. The Bertz CT molecular complexity index is 649. The first-order valence-electron chi connectivity index (χ1n) is 8.44. The monoisotopic (exact) mass is 326 g/mol. The van der Waals surface area contributed by atoms with Gasteiger partial charge >= 0.3 is 0 Å². The Morgan fingerprint density at radius 1 is 1.17 bits per heavy atom. The van der Waals surface area contributed by atoms with Crippen LogP contribution in [-0.4, -0.2) is 36.6 Å². The topological polar surface area (TPSA) is 40.9 Å². The van der Waals surface area contributed by atoms with Gasteiger partial charge in [0, 0.05) is 31.4 Å². The Morgan fingerprint density at radius 2 is 1.92 bits per heavy atom. The lowest BCUT2D eigenvalue weighted by Crippen LogP contribution is -2.35. The van der Waals surface area contributed by atoms with E-state index in [0.29, 0.717) is 5.92 Å². The first-order valence-corrected chi connectivity index (χ1v) is 8.44. The van der Waals surface area contributed by atoms with E-state index in [1.807, 2.05) is 12.3 Å². The predicted molar refractivity (Wildman–Crippen MR) is 92.6 cm³/mol. The summed E-state index contributed by atoms with van der Waals surface area (Å²) in [6, 6.07) is 12.7. The van der Waals surface area contributed by atoms with Crippen molar-refractivity contribution in [3.05, 3.63) is 65.7 Å². The summed E-state index contributed by atoms with van der Waals surface area (Å²) in [7, 11) is 1.68. The lowest BCUT2D eigenvalue weighted by atomic mass is 9.92. The minimum Gasteiger partial charge on any atom is -0.301 e. The maximum atomic E-state index is 13.1. The molecule has 1 atom stereocenters. The number of hydrogen-bond acceptors (Lipinski definition) is 4. The molecular weight excluding hydrogens is 303 g/mol. The van der Waals surface area contributed by atoms with Crippen LogP contribution >= 0.6 is 0 Å². The number of hydrogen-bond donors (Lipinski definition) is 0. The second-order valence-electron chi connectivity index (χ2n) is 6.21. The SMILES string of the molecule is CN=NC(CN1CCC(c2ccccn2)CC1)c1ccc(F)cc1. The van der Waals surface area contributed by atoms with Gasteiger partial charge in [0.15, 0.2) is 0 Å². The Morgan fingerprint density at radius 3 is 2.54 bits per heavy atom. The molecule has 3 rings (SSSR count). The van der Waals surface area contributed by atoms with Crippen LogP contribution < -0.4 is 0 Å². The Labute approximate surface area is 142 Å². The van der Waals surface area contributed by atoms with E-state index in [1.54, 1.807) is 19.2 Å². The third kappa shape index (κ3) is 4.23. The summed E-state index contributed by atoms with van der Waals surface area (Å²) in [5.74, 6) is 0.321. The van der Waals surface area contributed by atoms with Crippen molar-refractivity contribution in [3.63, 3.8) is 0 Å². The quantitative estimate of drug-likeness (QED) is 0.772. The minimum atomic E-state index is -0.220. The summed E-state index contributed by atoms with van der Waals surface area (Å²) in [6.45, 7) is 2.87. The standard InChI is InChI=1S/C19H23FN4/c1-21-23-19(15-5-7-17(20)8-6-15)14-24-12-9-16(10-13-24)18-4-2-3-11-22-18/h2-8,11,16,19H,9-10,12-14H2,1H3. The fourth-order valence-electron chi connectivity index (χ4n) is 3.31. The number of aromatic nitrogens is 1. The van der Waals surface area contributed by atoms with Crippen LogP contribution in [0.25, 0.3) is 0 Å². The maximum Gasteiger partial charge on any atom is 0.123 e. The van der Waals surface area contributed by atoms with Crippen LogP contribution in [0.2, 0.25) is 0 Å². The molecule has 0 bridgehead atoms. The number of piperidine rings is 1. The van der Waals surface area contributed by atoms with E-state index in [2.05, 4.69) is 32.2 Å². The molecule has 24 heavy (non-hydrogen) atoms. The van der Waals surface area contributed by atoms with Gasteiger partial charge in [0.2, 0.25) is 0 Å². The maximum absolute atomic E-state index is 13.1. The molecule has 0 amide bonds. The zero-order valence-corrected chi connectivity index (χ0v) is 14.0. The molecule has 1 unspecified atom stereocenters. The van der Waals surface area contributed by atoms with Crippen molar-refractivity contribution in [2.24, 2.45) is 10.2 Å². The molecule has 126 valence electrons. The molecule has 0 spiro atoms. The first kappa shape index (κ1) is 16.7. The van der Waals surface area contributed by atoms with E-state index >= 15 is 0 Å². The van der Waals surface area contributed by atoms with Gasteiger partial charge in [-0.15, -0.1) is 0 Å². The number of benzene rings is 1. The predicted octanol–water partition coefficient (Wildman–Crippen LogP) is 4.22. The van der Waals surface area contributed by atoms with E-state index in [-0.39, 0.29) is 11.9 Å². The lowest BCUT2D eigenvalue weighted by Gasteiger charge is -2.33. The van der Waals surface area contributed by atoms with Crippen LogP contribution in [-0.2, 0) is 0 Å². The summed E-state index contributed by atoms with van der Waals surface area (Å²) < 4.78 is 13.1. The van der Waals surface area contributed by atoms with Gasteiger partial charge in [0.05, 0.1) is 0 Å². The molecule has 1 aromatic carbocycles. The average molecular weight is 326 g/mol. The van der Waals surface area contributed by atoms with Crippen molar-refractivity contribution >= 4 is 0 Å². The molecule has 0 radical (unpaired) electrons.